The predicted octanol–water partition coefficient (Wildman–Crippen LogP) is 4.89. The van der Waals surface area contributed by atoms with Crippen LogP contribution in [-0.2, 0) is 4.79 Å². The first-order chi connectivity index (χ1) is 12.0. The molecule has 0 N–H and O–H groups in total. The molecule has 7 nitrogen and oxygen atoms in total. The summed E-state index contributed by atoms with van der Waals surface area (Å²) in [4.78, 5) is 31.2. The monoisotopic (exact) mass is 351 g/mol. The molecule has 7 heteroatoms. The van der Waals surface area contributed by atoms with Crippen molar-refractivity contribution < 1.29 is 14.6 Å². The molecular weight excluding hydrogens is 324 g/mol. The van der Waals surface area contributed by atoms with Crippen molar-refractivity contribution in [2.45, 2.75) is 71.1 Å². The van der Waals surface area contributed by atoms with Gasteiger partial charge in [0.1, 0.15) is 0 Å². The van der Waals surface area contributed by atoms with Crippen LogP contribution in [0.5, 0.6) is 0 Å². The van der Waals surface area contributed by atoms with E-state index in [4.69, 9.17) is 0 Å². The lowest BCUT2D eigenvalue weighted by Crippen LogP contribution is -1.99. The molecule has 0 atom stereocenters. The second-order valence-electron chi connectivity index (χ2n) is 5.67. The molecule has 0 spiro atoms. The minimum atomic E-state index is -0.439. The maximum Gasteiger partial charge on any atom is 0.246 e. The van der Waals surface area contributed by atoms with Gasteiger partial charge in [0.2, 0.25) is 11.4 Å². The van der Waals surface area contributed by atoms with Gasteiger partial charge in [0, 0.05) is 6.42 Å². The van der Waals surface area contributed by atoms with Crippen molar-refractivity contribution in [2.75, 3.05) is 0 Å². The normalized spacial score (nSPS) is 12.5. The number of unbranched alkanes of at least 4 members (excludes halogenated alkanes) is 6. The van der Waals surface area contributed by atoms with E-state index in [2.05, 4.69) is 6.92 Å². The molecule has 139 valence electrons. The quantitative estimate of drug-likeness (QED) is 0.181. The summed E-state index contributed by atoms with van der Waals surface area (Å²) in [6.07, 6.45) is 14.4. The highest BCUT2D eigenvalue weighted by Crippen LogP contribution is 2.11. The summed E-state index contributed by atoms with van der Waals surface area (Å²) in [5.41, 5.74) is 0.199. The van der Waals surface area contributed by atoms with Crippen LogP contribution in [0.4, 0.5) is 0 Å². The average molecular weight is 351 g/mol. The molecule has 0 fully saturated rings. The summed E-state index contributed by atoms with van der Waals surface area (Å²) in [6.45, 7) is 2.07. The van der Waals surface area contributed by atoms with Gasteiger partial charge in [-0.3, -0.25) is 25.0 Å². The van der Waals surface area contributed by atoms with Crippen LogP contribution in [0.1, 0.15) is 71.1 Å². The first-order valence-electron chi connectivity index (χ1n) is 8.69. The summed E-state index contributed by atoms with van der Waals surface area (Å²) in [5, 5.41) is 22.0. The van der Waals surface area contributed by atoms with E-state index in [-0.39, 0.29) is 24.2 Å². The smallest absolute Gasteiger partial charge is 0.246 e. The molecule has 0 heterocycles. The lowest BCUT2D eigenvalue weighted by atomic mass is 10.1. The predicted molar refractivity (Wildman–Crippen MR) is 96.8 cm³/mol. The summed E-state index contributed by atoms with van der Waals surface area (Å²) < 4.78 is 0. The Balaban J connectivity index is 4.45. The Morgan fingerprint density at radius 1 is 0.880 bits per heavy atom. The van der Waals surface area contributed by atoms with Crippen molar-refractivity contribution in [3.05, 3.63) is 55.9 Å². The fraction of sp³-hybridized carbons (Fsp3) is 0.611. The zero-order chi connectivity index (χ0) is 18.9. The number of hydrogen-bond acceptors (Lipinski definition) is 5. The van der Waals surface area contributed by atoms with Gasteiger partial charge in [-0.05, 0) is 44.3 Å². The van der Waals surface area contributed by atoms with E-state index in [1.54, 1.807) is 30.6 Å². The van der Waals surface area contributed by atoms with Crippen LogP contribution in [0.3, 0.4) is 0 Å². The van der Waals surface area contributed by atoms with Gasteiger partial charge >= 0.3 is 0 Å². The largest absolute Gasteiger partial charge is 0.291 e. The molecule has 0 saturated carbocycles. The van der Waals surface area contributed by atoms with Crippen LogP contribution in [0.25, 0.3) is 0 Å². The van der Waals surface area contributed by atoms with Crippen LogP contribution in [-0.4, -0.2) is 16.1 Å². The van der Waals surface area contributed by atoms with E-state index in [0.29, 0.717) is 32.1 Å². The van der Waals surface area contributed by atoms with Crippen molar-refractivity contribution in [1.29, 1.82) is 0 Å². The van der Waals surface area contributed by atoms with Crippen molar-refractivity contribution >= 4 is 6.29 Å². The molecule has 0 bridgehead atoms. The number of allylic oxidation sites excluding steroid dienone is 4. The van der Waals surface area contributed by atoms with Crippen LogP contribution in [0, 0.1) is 20.2 Å². The molecule has 25 heavy (non-hydrogen) atoms. The Bertz CT molecular complexity index is 510. The van der Waals surface area contributed by atoms with E-state index in [0.717, 1.165) is 19.3 Å². The second kappa shape index (κ2) is 15.2. The van der Waals surface area contributed by atoms with Gasteiger partial charge in [0.25, 0.3) is 0 Å². The molecule has 0 unspecified atom stereocenters. The molecule has 0 aliphatic rings. The summed E-state index contributed by atoms with van der Waals surface area (Å²) in [7, 11) is 0. The molecular formula is C18H27N2O5. The molecule has 0 aromatic heterocycles. The first-order valence-corrected chi connectivity index (χ1v) is 8.69. The average Bonchev–Trinajstić information content (AvgIpc) is 2.57. The maximum atomic E-state index is 11.0. The fourth-order valence-electron chi connectivity index (χ4n) is 2.15. The molecule has 0 aliphatic carbocycles. The summed E-state index contributed by atoms with van der Waals surface area (Å²) in [5.74, 6) is 0. The number of carbonyl (C=O) groups excluding carboxylic acids is 1. The van der Waals surface area contributed by atoms with Crippen LogP contribution >= 0.6 is 0 Å². The lowest BCUT2D eigenvalue weighted by Gasteiger charge is -1.97. The zero-order valence-electron chi connectivity index (χ0n) is 14.8. The Morgan fingerprint density at radius 2 is 1.36 bits per heavy atom. The summed E-state index contributed by atoms with van der Waals surface area (Å²) in [6, 6.07) is 0. The van der Waals surface area contributed by atoms with Gasteiger partial charge in [-0.1, -0.05) is 31.9 Å². The molecule has 0 rings (SSSR count). The van der Waals surface area contributed by atoms with Gasteiger partial charge in [0.15, 0.2) is 6.29 Å². The van der Waals surface area contributed by atoms with Gasteiger partial charge < -0.3 is 0 Å². The summed E-state index contributed by atoms with van der Waals surface area (Å²) >= 11 is 0. The van der Waals surface area contributed by atoms with Crippen molar-refractivity contribution in [2.24, 2.45) is 0 Å². The van der Waals surface area contributed by atoms with E-state index in [9.17, 15) is 25.0 Å². The van der Waals surface area contributed by atoms with E-state index < -0.39 is 9.85 Å². The fourth-order valence-corrected chi connectivity index (χ4v) is 2.15. The van der Waals surface area contributed by atoms with Crippen LogP contribution in [0.15, 0.2) is 35.7 Å². The van der Waals surface area contributed by atoms with Gasteiger partial charge in [-0.2, -0.15) is 0 Å². The topological polar surface area (TPSA) is 103 Å². The van der Waals surface area contributed by atoms with Gasteiger partial charge in [-0.15, -0.1) is 0 Å². The highest BCUT2D eigenvalue weighted by atomic mass is 16.6. The van der Waals surface area contributed by atoms with E-state index in [1.807, 2.05) is 0 Å². The van der Waals surface area contributed by atoms with Crippen molar-refractivity contribution in [1.82, 2.24) is 0 Å². The Labute approximate surface area is 148 Å². The van der Waals surface area contributed by atoms with Crippen molar-refractivity contribution in [3.63, 3.8) is 0 Å². The molecule has 0 aliphatic heterocycles. The zero-order valence-corrected chi connectivity index (χ0v) is 14.8. The molecule has 1 radical (unpaired) electrons. The van der Waals surface area contributed by atoms with Crippen molar-refractivity contribution in [3.8, 4) is 0 Å². The maximum absolute atomic E-state index is 11.0. The third-order valence-electron chi connectivity index (χ3n) is 3.59. The van der Waals surface area contributed by atoms with Gasteiger partial charge in [0.05, 0.1) is 22.7 Å². The second-order valence-corrected chi connectivity index (χ2v) is 5.67. The third-order valence-corrected chi connectivity index (χ3v) is 3.59. The van der Waals surface area contributed by atoms with E-state index in [1.165, 1.54) is 0 Å². The van der Waals surface area contributed by atoms with E-state index >= 15 is 0 Å². The number of nitrogens with zero attached hydrogens (tertiary/aromatic N) is 2. The Kier molecular flexibility index (Phi) is 13.8. The minimum Gasteiger partial charge on any atom is -0.291 e. The molecule has 0 amide bonds. The number of rotatable bonds is 15. The highest BCUT2D eigenvalue weighted by Gasteiger charge is 2.09. The van der Waals surface area contributed by atoms with Crippen LogP contribution in [0.2, 0.25) is 0 Å². The SMILES string of the molecule is CCCCC/C=C(\C/C=C\C/C(=C\CCCC[C]=O)[N+](=O)[O-])[N+](=O)[O-]. The first kappa shape index (κ1) is 22.7. The molecule has 0 aromatic carbocycles. The molecule has 0 saturated heterocycles. The standard InChI is InChI=1S/C18H27N2O5/c1-2-3-4-7-12-17(19(22)23)14-9-10-15-18(20(24)25)13-8-5-6-11-16-21/h9-10,12-13H,2-8,11,14-15H2,1H3/b10-9-,17-12+,18-13+. The Hall–Kier alpha value is -2.31. The number of hydrogen-bond donors (Lipinski definition) is 0. The lowest BCUT2D eigenvalue weighted by molar-refractivity contribution is -0.427. The Morgan fingerprint density at radius 3 is 1.76 bits per heavy atom. The third kappa shape index (κ3) is 12.7. The minimum absolute atomic E-state index is 0.0703. The van der Waals surface area contributed by atoms with Crippen LogP contribution < -0.4 is 0 Å². The molecule has 0 aromatic rings. The highest BCUT2D eigenvalue weighted by molar-refractivity contribution is 5.50. The number of nitro groups is 2. The van der Waals surface area contributed by atoms with Gasteiger partial charge in [-0.25, -0.2) is 0 Å².